The second-order valence-electron chi connectivity index (χ2n) is 5.45. The number of rotatable bonds is 4. The maximum Gasteiger partial charge on any atom is 0.270 e. The smallest absolute Gasteiger partial charge is 0.270 e. The number of aromatic nitrogens is 2. The molecule has 1 aliphatic carbocycles. The van der Waals surface area contributed by atoms with E-state index in [-0.39, 0.29) is 5.91 Å². The van der Waals surface area contributed by atoms with Gasteiger partial charge in [-0.3, -0.25) is 4.79 Å². The van der Waals surface area contributed by atoms with Crippen LogP contribution in [-0.4, -0.2) is 48.7 Å². The van der Waals surface area contributed by atoms with Crippen LogP contribution >= 0.6 is 0 Å². The van der Waals surface area contributed by atoms with Gasteiger partial charge in [0.15, 0.2) is 0 Å². The molecule has 2 heterocycles. The molecule has 1 amide bonds. The van der Waals surface area contributed by atoms with Gasteiger partial charge in [0.2, 0.25) is 5.95 Å². The van der Waals surface area contributed by atoms with Crippen LogP contribution in [0.3, 0.4) is 0 Å². The van der Waals surface area contributed by atoms with Crippen LogP contribution in [0.1, 0.15) is 29.0 Å². The monoisotopic (exact) mass is 276 g/mol. The minimum atomic E-state index is -0.100. The van der Waals surface area contributed by atoms with Gasteiger partial charge in [0.1, 0.15) is 5.69 Å². The maximum absolute atomic E-state index is 12.1. The van der Waals surface area contributed by atoms with E-state index in [1.54, 1.807) is 6.07 Å². The van der Waals surface area contributed by atoms with Crippen LogP contribution in [0.5, 0.6) is 0 Å². The molecule has 108 valence electrons. The van der Waals surface area contributed by atoms with E-state index in [0.29, 0.717) is 30.8 Å². The summed E-state index contributed by atoms with van der Waals surface area (Å²) in [5.74, 6) is 1.20. The Balaban J connectivity index is 1.72. The van der Waals surface area contributed by atoms with Crippen molar-refractivity contribution in [2.75, 3.05) is 37.7 Å². The van der Waals surface area contributed by atoms with Crippen LogP contribution in [0.2, 0.25) is 0 Å². The summed E-state index contributed by atoms with van der Waals surface area (Å²) in [6.45, 7) is 5.55. The number of amides is 1. The zero-order valence-corrected chi connectivity index (χ0v) is 11.8. The second-order valence-corrected chi connectivity index (χ2v) is 5.45. The lowest BCUT2D eigenvalue weighted by atomic mass is 10.3. The highest BCUT2D eigenvalue weighted by Crippen LogP contribution is 2.27. The van der Waals surface area contributed by atoms with Crippen molar-refractivity contribution in [2.45, 2.75) is 19.8 Å². The molecule has 1 saturated heterocycles. The molecule has 0 atom stereocenters. The van der Waals surface area contributed by atoms with Gasteiger partial charge in [0.25, 0.3) is 5.91 Å². The molecule has 2 aliphatic rings. The second kappa shape index (κ2) is 5.75. The third-order valence-corrected chi connectivity index (χ3v) is 3.62. The van der Waals surface area contributed by atoms with E-state index in [9.17, 15) is 4.79 Å². The zero-order valence-electron chi connectivity index (χ0n) is 11.8. The van der Waals surface area contributed by atoms with Crippen molar-refractivity contribution in [1.29, 1.82) is 0 Å². The van der Waals surface area contributed by atoms with Crippen molar-refractivity contribution in [3.8, 4) is 0 Å². The summed E-state index contributed by atoms with van der Waals surface area (Å²) in [4.78, 5) is 23.0. The van der Waals surface area contributed by atoms with Gasteiger partial charge in [-0.25, -0.2) is 9.97 Å². The van der Waals surface area contributed by atoms with Crippen molar-refractivity contribution in [3.05, 3.63) is 17.5 Å². The molecule has 3 rings (SSSR count). The van der Waals surface area contributed by atoms with Gasteiger partial charge >= 0.3 is 0 Å². The number of hydrogen-bond acceptors (Lipinski definition) is 5. The Hall–Kier alpha value is -1.69. The first-order valence-corrected chi connectivity index (χ1v) is 7.19. The van der Waals surface area contributed by atoms with Gasteiger partial charge in [-0.1, -0.05) is 0 Å². The molecule has 1 aliphatic heterocycles. The molecule has 1 N–H and O–H groups in total. The Bertz CT molecular complexity index is 496. The first-order valence-electron chi connectivity index (χ1n) is 7.19. The minimum Gasteiger partial charge on any atom is -0.378 e. The molecule has 0 bridgehead atoms. The highest BCUT2D eigenvalue weighted by atomic mass is 16.5. The molecule has 0 spiro atoms. The summed E-state index contributed by atoms with van der Waals surface area (Å²) in [5.41, 5.74) is 1.28. The van der Waals surface area contributed by atoms with Gasteiger partial charge in [-0.05, 0) is 31.7 Å². The highest BCUT2D eigenvalue weighted by molar-refractivity contribution is 5.92. The van der Waals surface area contributed by atoms with Crippen LogP contribution in [0.25, 0.3) is 0 Å². The Morgan fingerprint density at radius 2 is 2.15 bits per heavy atom. The fourth-order valence-electron chi connectivity index (χ4n) is 2.22. The molecule has 6 nitrogen and oxygen atoms in total. The van der Waals surface area contributed by atoms with Crippen molar-refractivity contribution >= 4 is 11.9 Å². The first-order chi connectivity index (χ1) is 9.72. The van der Waals surface area contributed by atoms with E-state index < -0.39 is 0 Å². The third-order valence-electron chi connectivity index (χ3n) is 3.62. The predicted molar refractivity (Wildman–Crippen MR) is 74.9 cm³/mol. The lowest BCUT2D eigenvalue weighted by Crippen LogP contribution is -2.38. The Morgan fingerprint density at radius 1 is 1.40 bits per heavy atom. The van der Waals surface area contributed by atoms with Gasteiger partial charge in [0.05, 0.1) is 13.2 Å². The van der Waals surface area contributed by atoms with Crippen molar-refractivity contribution in [1.82, 2.24) is 15.3 Å². The van der Waals surface area contributed by atoms with Crippen molar-refractivity contribution < 1.29 is 9.53 Å². The number of anilines is 1. The Morgan fingerprint density at radius 3 is 2.85 bits per heavy atom. The molecule has 6 heteroatoms. The zero-order chi connectivity index (χ0) is 13.9. The molecule has 1 aromatic rings. The molecule has 20 heavy (non-hydrogen) atoms. The summed E-state index contributed by atoms with van der Waals surface area (Å²) in [5, 5.41) is 2.95. The van der Waals surface area contributed by atoms with Gasteiger partial charge in [-0.15, -0.1) is 0 Å². The lowest BCUT2D eigenvalue weighted by Gasteiger charge is -2.27. The summed E-state index contributed by atoms with van der Waals surface area (Å²) < 4.78 is 5.32. The summed E-state index contributed by atoms with van der Waals surface area (Å²) in [7, 11) is 0. The number of carbonyl (C=O) groups excluding carboxylic acids is 1. The average molecular weight is 276 g/mol. The van der Waals surface area contributed by atoms with E-state index in [4.69, 9.17) is 4.74 Å². The molecule has 1 aromatic heterocycles. The molecule has 0 radical (unpaired) electrons. The van der Waals surface area contributed by atoms with Crippen LogP contribution in [-0.2, 0) is 4.74 Å². The summed E-state index contributed by atoms with van der Waals surface area (Å²) in [6, 6.07) is 1.74. The quantitative estimate of drug-likeness (QED) is 0.879. The minimum absolute atomic E-state index is 0.100. The average Bonchev–Trinajstić information content (AvgIpc) is 3.29. The maximum atomic E-state index is 12.1. The topological polar surface area (TPSA) is 67.4 Å². The summed E-state index contributed by atoms with van der Waals surface area (Å²) >= 11 is 0. The number of aryl methyl sites for hydroxylation is 1. The molecular formula is C14H20N4O2. The number of ether oxygens (including phenoxy) is 1. The molecular weight excluding hydrogens is 256 g/mol. The van der Waals surface area contributed by atoms with E-state index in [0.717, 1.165) is 25.3 Å². The summed E-state index contributed by atoms with van der Waals surface area (Å²) in [6.07, 6.45) is 2.45. The fourth-order valence-corrected chi connectivity index (χ4v) is 2.22. The van der Waals surface area contributed by atoms with Crippen LogP contribution in [0.15, 0.2) is 6.07 Å². The van der Waals surface area contributed by atoms with Gasteiger partial charge < -0.3 is 15.0 Å². The fraction of sp³-hybridized carbons (Fsp3) is 0.643. The number of morpholine rings is 1. The van der Waals surface area contributed by atoms with E-state index in [1.165, 1.54) is 12.8 Å². The number of nitrogens with zero attached hydrogens (tertiary/aromatic N) is 3. The number of nitrogens with one attached hydrogen (secondary N) is 1. The molecule has 0 aromatic carbocycles. The SMILES string of the molecule is Cc1cc(C(=O)NCC2CC2)nc(N2CCOCC2)n1. The van der Waals surface area contributed by atoms with Crippen LogP contribution in [0.4, 0.5) is 5.95 Å². The van der Waals surface area contributed by atoms with Gasteiger partial charge in [-0.2, -0.15) is 0 Å². The van der Waals surface area contributed by atoms with Crippen molar-refractivity contribution in [2.24, 2.45) is 5.92 Å². The standard InChI is InChI=1S/C14H20N4O2/c1-10-8-12(13(19)15-9-11-2-3-11)17-14(16-10)18-4-6-20-7-5-18/h8,11H,2-7,9H2,1H3,(H,15,19). The van der Waals surface area contributed by atoms with Crippen LogP contribution < -0.4 is 10.2 Å². The Kier molecular flexibility index (Phi) is 3.82. The predicted octanol–water partition coefficient (Wildman–Crippen LogP) is 0.761. The largest absolute Gasteiger partial charge is 0.378 e. The molecule has 2 fully saturated rings. The normalized spacial score (nSPS) is 18.9. The highest BCUT2D eigenvalue weighted by Gasteiger charge is 2.23. The molecule has 0 unspecified atom stereocenters. The van der Waals surface area contributed by atoms with E-state index in [2.05, 4.69) is 20.2 Å². The lowest BCUT2D eigenvalue weighted by molar-refractivity contribution is 0.0946. The first kappa shape index (κ1) is 13.3. The number of carbonyl (C=O) groups is 1. The van der Waals surface area contributed by atoms with E-state index >= 15 is 0 Å². The van der Waals surface area contributed by atoms with Crippen LogP contribution in [0, 0.1) is 12.8 Å². The van der Waals surface area contributed by atoms with Gasteiger partial charge in [0, 0.05) is 25.3 Å². The Labute approximate surface area is 118 Å². The van der Waals surface area contributed by atoms with Crippen molar-refractivity contribution in [3.63, 3.8) is 0 Å². The number of hydrogen-bond donors (Lipinski definition) is 1. The third kappa shape index (κ3) is 3.25. The molecule has 1 saturated carbocycles. The van der Waals surface area contributed by atoms with E-state index in [1.807, 2.05) is 6.92 Å².